The second-order valence-corrected chi connectivity index (χ2v) is 7.43. The zero-order chi connectivity index (χ0) is 20.3. The van der Waals surface area contributed by atoms with E-state index in [1.165, 1.54) is 12.1 Å². The Morgan fingerprint density at radius 2 is 1.79 bits per heavy atom. The molecule has 0 aromatic heterocycles. The number of carbonyl (C=O) groups is 1. The maximum atomic E-state index is 12.4. The fourth-order valence-electron chi connectivity index (χ4n) is 3.41. The van der Waals surface area contributed by atoms with Crippen molar-refractivity contribution in [2.45, 2.75) is 13.8 Å². The van der Waals surface area contributed by atoms with Crippen LogP contribution in [-0.2, 0) is 4.79 Å². The second-order valence-electron chi connectivity index (χ2n) is 7.02. The zero-order valence-corrected chi connectivity index (χ0v) is 16.7. The van der Waals surface area contributed by atoms with Gasteiger partial charge in [-0.25, -0.2) is 0 Å². The van der Waals surface area contributed by atoms with Crippen LogP contribution in [0.4, 0.5) is 17.1 Å². The number of nitrogens with one attached hydrogen (secondary N) is 1. The van der Waals surface area contributed by atoms with Crippen molar-refractivity contribution in [3.8, 4) is 0 Å². The fraction of sp³-hybridized carbons (Fsp3) is 0.350. The van der Waals surface area contributed by atoms with Crippen LogP contribution in [0.2, 0.25) is 5.02 Å². The van der Waals surface area contributed by atoms with Crippen molar-refractivity contribution in [2.24, 2.45) is 0 Å². The highest BCUT2D eigenvalue weighted by molar-refractivity contribution is 6.34. The van der Waals surface area contributed by atoms with Crippen LogP contribution in [0.15, 0.2) is 36.4 Å². The highest BCUT2D eigenvalue weighted by Crippen LogP contribution is 2.27. The number of amides is 1. The molecule has 2 aromatic carbocycles. The molecule has 3 rings (SSSR count). The summed E-state index contributed by atoms with van der Waals surface area (Å²) in [6.45, 7) is 7.20. The molecular formula is C20H23ClN4O3. The normalized spacial score (nSPS) is 14.8. The molecule has 148 valence electrons. The SMILES string of the molecule is Cc1cc(C)c(NC(=O)CN2CCN(c3ccc([N+](=O)[O-])cc3)CC2)c(Cl)c1. The van der Waals surface area contributed by atoms with Crippen molar-refractivity contribution in [1.82, 2.24) is 4.90 Å². The molecule has 0 unspecified atom stereocenters. The van der Waals surface area contributed by atoms with E-state index in [9.17, 15) is 14.9 Å². The number of non-ortho nitro benzene ring substituents is 1. The van der Waals surface area contributed by atoms with Gasteiger partial charge in [0.25, 0.3) is 5.69 Å². The Balaban J connectivity index is 1.53. The Kier molecular flexibility index (Phi) is 6.16. The van der Waals surface area contributed by atoms with Gasteiger partial charge in [-0.15, -0.1) is 0 Å². The van der Waals surface area contributed by atoms with E-state index in [1.807, 2.05) is 26.0 Å². The number of piperazine rings is 1. The fourth-order valence-corrected chi connectivity index (χ4v) is 3.77. The van der Waals surface area contributed by atoms with E-state index >= 15 is 0 Å². The summed E-state index contributed by atoms with van der Waals surface area (Å²) < 4.78 is 0. The Morgan fingerprint density at radius 3 is 2.36 bits per heavy atom. The van der Waals surface area contributed by atoms with Crippen LogP contribution >= 0.6 is 11.6 Å². The van der Waals surface area contributed by atoms with Gasteiger partial charge in [0.15, 0.2) is 0 Å². The van der Waals surface area contributed by atoms with Crippen LogP contribution in [0.3, 0.4) is 0 Å². The maximum absolute atomic E-state index is 12.4. The van der Waals surface area contributed by atoms with E-state index < -0.39 is 4.92 Å². The van der Waals surface area contributed by atoms with Gasteiger partial charge in [0, 0.05) is 44.0 Å². The predicted octanol–water partition coefficient (Wildman–Crippen LogP) is 3.63. The van der Waals surface area contributed by atoms with Crippen LogP contribution in [-0.4, -0.2) is 48.5 Å². The van der Waals surface area contributed by atoms with Crippen molar-refractivity contribution < 1.29 is 9.72 Å². The van der Waals surface area contributed by atoms with Gasteiger partial charge in [-0.2, -0.15) is 0 Å². The molecule has 7 nitrogen and oxygen atoms in total. The third-order valence-corrected chi connectivity index (χ3v) is 5.16. The minimum Gasteiger partial charge on any atom is -0.369 e. The van der Waals surface area contributed by atoms with Crippen molar-refractivity contribution >= 4 is 34.6 Å². The van der Waals surface area contributed by atoms with Crippen LogP contribution in [0, 0.1) is 24.0 Å². The van der Waals surface area contributed by atoms with Gasteiger partial charge >= 0.3 is 0 Å². The summed E-state index contributed by atoms with van der Waals surface area (Å²) in [6, 6.07) is 10.4. The highest BCUT2D eigenvalue weighted by Gasteiger charge is 2.20. The lowest BCUT2D eigenvalue weighted by atomic mass is 10.1. The van der Waals surface area contributed by atoms with Crippen LogP contribution in [0.5, 0.6) is 0 Å². The van der Waals surface area contributed by atoms with Gasteiger partial charge in [-0.3, -0.25) is 19.8 Å². The number of nitro benzene ring substituents is 1. The first-order valence-electron chi connectivity index (χ1n) is 9.12. The maximum Gasteiger partial charge on any atom is 0.269 e. The van der Waals surface area contributed by atoms with Gasteiger partial charge in [0.2, 0.25) is 5.91 Å². The predicted molar refractivity (Wildman–Crippen MR) is 111 cm³/mol. The van der Waals surface area contributed by atoms with E-state index in [-0.39, 0.29) is 11.6 Å². The number of hydrogen-bond acceptors (Lipinski definition) is 5. The Morgan fingerprint density at radius 1 is 1.14 bits per heavy atom. The molecule has 28 heavy (non-hydrogen) atoms. The molecule has 0 spiro atoms. The molecule has 2 aromatic rings. The van der Waals surface area contributed by atoms with Gasteiger partial charge in [0.05, 0.1) is 22.2 Å². The number of carbonyl (C=O) groups excluding carboxylic acids is 1. The third-order valence-electron chi connectivity index (χ3n) is 4.86. The van der Waals surface area contributed by atoms with Crippen LogP contribution in [0.25, 0.3) is 0 Å². The second kappa shape index (κ2) is 8.58. The lowest BCUT2D eigenvalue weighted by Gasteiger charge is -2.35. The summed E-state index contributed by atoms with van der Waals surface area (Å²) in [5.74, 6) is -0.0855. The molecule has 8 heteroatoms. The minimum absolute atomic E-state index is 0.0855. The quantitative estimate of drug-likeness (QED) is 0.610. The number of hydrogen-bond donors (Lipinski definition) is 1. The van der Waals surface area contributed by atoms with Crippen molar-refractivity contribution in [2.75, 3.05) is 42.9 Å². The Hall–Kier alpha value is -2.64. The first-order valence-corrected chi connectivity index (χ1v) is 9.49. The molecule has 1 N–H and O–H groups in total. The van der Waals surface area contributed by atoms with E-state index in [0.29, 0.717) is 17.3 Å². The van der Waals surface area contributed by atoms with Gasteiger partial charge in [0.1, 0.15) is 0 Å². The number of halogens is 1. The molecule has 1 heterocycles. The Bertz CT molecular complexity index is 855. The van der Waals surface area contributed by atoms with Crippen molar-refractivity contribution in [3.63, 3.8) is 0 Å². The highest BCUT2D eigenvalue weighted by atomic mass is 35.5. The third kappa shape index (κ3) is 4.79. The van der Waals surface area contributed by atoms with Crippen LogP contribution in [0.1, 0.15) is 11.1 Å². The molecule has 0 radical (unpaired) electrons. The Labute approximate surface area is 169 Å². The molecule has 0 atom stereocenters. The summed E-state index contributed by atoms with van der Waals surface area (Å²) >= 11 is 6.26. The molecule has 0 bridgehead atoms. The number of nitrogens with zero attached hydrogens (tertiary/aromatic N) is 3. The average Bonchev–Trinajstić information content (AvgIpc) is 2.65. The van der Waals surface area contributed by atoms with Crippen LogP contribution < -0.4 is 10.2 Å². The molecule has 1 saturated heterocycles. The van der Waals surface area contributed by atoms with E-state index in [0.717, 1.165) is 43.0 Å². The number of anilines is 2. The standard InChI is InChI=1S/C20H23ClN4O3/c1-14-11-15(2)20(18(21)12-14)22-19(26)13-23-7-9-24(10-8-23)16-3-5-17(6-4-16)25(27)28/h3-6,11-12H,7-10,13H2,1-2H3,(H,22,26). The summed E-state index contributed by atoms with van der Waals surface area (Å²) in [7, 11) is 0. The molecule has 1 aliphatic rings. The van der Waals surface area contributed by atoms with E-state index in [4.69, 9.17) is 11.6 Å². The lowest BCUT2D eigenvalue weighted by molar-refractivity contribution is -0.384. The smallest absolute Gasteiger partial charge is 0.269 e. The molecule has 1 amide bonds. The summed E-state index contributed by atoms with van der Waals surface area (Å²) in [5, 5.41) is 14.2. The lowest BCUT2D eigenvalue weighted by Crippen LogP contribution is -2.48. The first kappa shape index (κ1) is 20.1. The number of aryl methyl sites for hydroxylation is 2. The van der Waals surface area contributed by atoms with Crippen molar-refractivity contribution in [1.29, 1.82) is 0 Å². The van der Waals surface area contributed by atoms with Gasteiger partial charge < -0.3 is 10.2 Å². The first-order chi connectivity index (χ1) is 13.3. The number of nitro groups is 1. The largest absolute Gasteiger partial charge is 0.369 e. The van der Waals surface area contributed by atoms with Gasteiger partial charge in [-0.05, 0) is 43.2 Å². The molecule has 0 saturated carbocycles. The topological polar surface area (TPSA) is 78.7 Å². The molecule has 0 aliphatic carbocycles. The van der Waals surface area contributed by atoms with E-state index in [1.54, 1.807) is 12.1 Å². The van der Waals surface area contributed by atoms with Gasteiger partial charge in [-0.1, -0.05) is 17.7 Å². The summed E-state index contributed by atoms with van der Waals surface area (Å²) in [4.78, 5) is 27.1. The molecule has 1 aliphatic heterocycles. The zero-order valence-electron chi connectivity index (χ0n) is 15.9. The number of rotatable bonds is 5. The monoisotopic (exact) mass is 402 g/mol. The minimum atomic E-state index is -0.400. The van der Waals surface area contributed by atoms with E-state index in [2.05, 4.69) is 15.1 Å². The van der Waals surface area contributed by atoms with Crippen molar-refractivity contribution in [3.05, 3.63) is 62.7 Å². The average molecular weight is 403 g/mol. The number of benzene rings is 2. The summed E-state index contributed by atoms with van der Waals surface area (Å²) in [5.41, 5.74) is 3.71. The molecule has 1 fully saturated rings. The summed E-state index contributed by atoms with van der Waals surface area (Å²) in [6.07, 6.45) is 0. The molecular weight excluding hydrogens is 380 g/mol.